The van der Waals surface area contributed by atoms with Crippen molar-refractivity contribution >= 4 is 0 Å². The van der Waals surface area contributed by atoms with E-state index in [9.17, 15) is 71.0 Å². The molecular formula is C16H8F15NO. The molecule has 1 atom stereocenters. The highest BCUT2D eigenvalue weighted by atomic mass is 19.4. The SMILES string of the molecule is N#Cc1ccc(C(O)CC(F)(F)C(F)(F)C(F)(F)C(F)(F)C(F)(F)C(F)(F)C(F)(F)F)cc1. The van der Waals surface area contributed by atoms with Crippen LogP contribution in [0.4, 0.5) is 65.9 Å². The highest BCUT2D eigenvalue weighted by molar-refractivity contribution is 5.32. The summed E-state index contributed by atoms with van der Waals surface area (Å²) in [5.74, 6) is -47.1. The number of rotatable bonds is 8. The average Bonchev–Trinajstić information content (AvgIpc) is 2.65. The van der Waals surface area contributed by atoms with Gasteiger partial charge < -0.3 is 5.11 Å². The van der Waals surface area contributed by atoms with Gasteiger partial charge in [-0.15, -0.1) is 0 Å². The van der Waals surface area contributed by atoms with Crippen LogP contribution in [0.2, 0.25) is 0 Å². The van der Waals surface area contributed by atoms with Crippen LogP contribution < -0.4 is 0 Å². The third kappa shape index (κ3) is 4.28. The first-order chi connectivity index (χ1) is 14.4. The molecule has 0 aliphatic rings. The Morgan fingerprint density at radius 3 is 1.36 bits per heavy atom. The molecule has 188 valence electrons. The fourth-order valence-electron chi connectivity index (χ4n) is 2.27. The van der Waals surface area contributed by atoms with Gasteiger partial charge in [0.2, 0.25) is 0 Å². The summed E-state index contributed by atoms with van der Waals surface area (Å²) in [4.78, 5) is 0. The largest absolute Gasteiger partial charge is 0.460 e. The van der Waals surface area contributed by atoms with Crippen LogP contribution in [0.3, 0.4) is 0 Å². The first-order valence-electron chi connectivity index (χ1n) is 7.94. The highest BCUT2D eigenvalue weighted by Crippen LogP contribution is 2.63. The molecule has 0 amide bonds. The van der Waals surface area contributed by atoms with Gasteiger partial charge in [-0.25, -0.2) is 0 Å². The first-order valence-corrected chi connectivity index (χ1v) is 7.94. The molecule has 1 aromatic carbocycles. The van der Waals surface area contributed by atoms with Crippen molar-refractivity contribution in [3.8, 4) is 6.07 Å². The summed E-state index contributed by atoms with van der Waals surface area (Å²) in [6.07, 6.45) is -13.4. The van der Waals surface area contributed by atoms with Crippen molar-refractivity contribution in [1.82, 2.24) is 0 Å². The molecule has 1 aromatic rings. The van der Waals surface area contributed by atoms with E-state index in [-0.39, 0.29) is 5.56 Å². The predicted molar refractivity (Wildman–Crippen MR) is 76.5 cm³/mol. The zero-order valence-corrected chi connectivity index (χ0v) is 15.2. The second kappa shape index (κ2) is 8.13. The Bertz CT molecular complexity index is 883. The van der Waals surface area contributed by atoms with Gasteiger partial charge in [-0.1, -0.05) is 12.1 Å². The molecule has 0 heterocycles. The second-order valence-electron chi connectivity index (χ2n) is 6.53. The lowest BCUT2D eigenvalue weighted by molar-refractivity contribution is -0.453. The minimum absolute atomic E-state index is 0.179. The number of hydrogen-bond donors (Lipinski definition) is 1. The van der Waals surface area contributed by atoms with Gasteiger partial charge in [-0.2, -0.15) is 71.1 Å². The second-order valence-corrected chi connectivity index (χ2v) is 6.53. The van der Waals surface area contributed by atoms with Crippen LogP contribution in [-0.4, -0.2) is 46.8 Å². The van der Waals surface area contributed by atoms with E-state index >= 15 is 0 Å². The minimum Gasteiger partial charge on any atom is -0.388 e. The molecule has 0 spiro atoms. The van der Waals surface area contributed by atoms with Crippen molar-refractivity contribution in [2.24, 2.45) is 0 Å². The number of aliphatic hydroxyl groups is 1. The van der Waals surface area contributed by atoms with Crippen LogP contribution in [-0.2, 0) is 0 Å². The number of benzene rings is 1. The molecular weight excluding hydrogens is 507 g/mol. The zero-order valence-electron chi connectivity index (χ0n) is 15.2. The van der Waals surface area contributed by atoms with E-state index in [4.69, 9.17) is 5.26 Å². The van der Waals surface area contributed by atoms with Crippen LogP contribution in [0.5, 0.6) is 0 Å². The molecule has 2 nitrogen and oxygen atoms in total. The van der Waals surface area contributed by atoms with E-state index < -0.39 is 59.8 Å². The van der Waals surface area contributed by atoms with E-state index in [2.05, 4.69) is 0 Å². The summed E-state index contributed by atoms with van der Waals surface area (Å²) in [5, 5.41) is 18.0. The summed E-state index contributed by atoms with van der Waals surface area (Å²) >= 11 is 0. The third-order valence-electron chi connectivity index (χ3n) is 4.27. The van der Waals surface area contributed by atoms with Gasteiger partial charge in [0.05, 0.1) is 17.7 Å². The van der Waals surface area contributed by atoms with Crippen molar-refractivity contribution in [2.75, 3.05) is 0 Å². The van der Waals surface area contributed by atoms with Gasteiger partial charge in [0.1, 0.15) is 0 Å². The lowest BCUT2D eigenvalue weighted by atomic mass is 9.88. The third-order valence-corrected chi connectivity index (χ3v) is 4.27. The fourth-order valence-corrected chi connectivity index (χ4v) is 2.27. The molecule has 33 heavy (non-hydrogen) atoms. The number of aliphatic hydroxyl groups excluding tert-OH is 1. The normalized spacial score (nSPS) is 15.8. The molecule has 0 fully saturated rings. The summed E-state index contributed by atoms with van der Waals surface area (Å²) < 4.78 is 197. The van der Waals surface area contributed by atoms with E-state index in [1.165, 1.54) is 6.07 Å². The fraction of sp³-hybridized carbons (Fsp3) is 0.562. The van der Waals surface area contributed by atoms with E-state index in [1.807, 2.05) is 0 Å². The molecule has 0 aliphatic carbocycles. The van der Waals surface area contributed by atoms with Crippen molar-refractivity contribution < 1.29 is 71.0 Å². The van der Waals surface area contributed by atoms with Gasteiger partial charge in [-0.05, 0) is 17.7 Å². The molecule has 0 bridgehead atoms. The number of hydrogen-bond acceptors (Lipinski definition) is 2. The molecule has 1 N–H and O–H groups in total. The van der Waals surface area contributed by atoms with E-state index in [0.29, 0.717) is 12.1 Å². The Morgan fingerprint density at radius 1 is 0.636 bits per heavy atom. The molecule has 0 aromatic heterocycles. The van der Waals surface area contributed by atoms with Crippen LogP contribution in [0.1, 0.15) is 23.7 Å². The average molecular weight is 515 g/mol. The number of halogens is 15. The van der Waals surface area contributed by atoms with E-state index in [0.717, 1.165) is 12.1 Å². The smallest absolute Gasteiger partial charge is 0.388 e. The molecule has 0 aliphatic heterocycles. The van der Waals surface area contributed by atoms with E-state index in [1.54, 1.807) is 0 Å². The summed E-state index contributed by atoms with van der Waals surface area (Å²) in [6, 6.07) is 4.35. The van der Waals surface area contributed by atoms with Crippen molar-refractivity contribution in [3.63, 3.8) is 0 Å². The van der Waals surface area contributed by atoms with Crippen LogP contribution in [0, 0.1) is 11.3 Å². The minimum atomic E-state index is -8.37. The van der Waals surface area contributed by atoms with Gasteiger partial charge in [0.25, 0.3) is 0 Å². The Morgan fingerprint density at radius 2 is 1.00 bits per heavy atom. The lowest BCUT2D eigenvalue weighted by Gasteiger charge is -2.41. The maximum atomic E-state index is 13.8. The van der Waals surface area contributed by atoms with Crippen molar-refractivity contribution in [3.05, 3.63) is 35.4 Å². The number of nitrogens with zero attached hydrogens (tertiary/aromatic N) is 1. The molecule has 17 heteroatoms. The topological polar surface area (TPSA) is 44.0 Å². The number of nitriles is 1. The number of alkyl halides is 15. The molecule has 0 radical (unpaired) electrons. The Labute approximate surface area is 173 Å². The summed E-state index contributed by atoms with van der Waals surface area (Å²) in [6.45, 7) is 0. The van der Waals surface area contributed by atoms with Gasteiger partial charge in [-0.3, -0.25) is 0 Å². The summed E-state index contributed by atoms with van der Waals surface area (Å²) in [5.41, 5.74) is -0.962. The van der Waals surface area contributed by atoms with Gasteiger partial charge in [0, 0.05) is 6.42 Å². The van der Waals surface area contributed by atoms with Crippen LogP contribution in [0.25, 0.3) is 0 Å². The quantitative estimate of drug-likeness (QED) is 0.410. The van der Waals surface area contributed by atoms with Gasteiger partial charge in [0.15, 0.2) is 0 Å². The standard InChI is InChI=1S/C16H8F15NO/c17-10(18,5-9(33)8-3-1-7(6-32)2-4-8)11(19,20)12(21,22)13(23,24)14(25,26)15(27,28)16(29,30)31/h1-4,9,33H,5H2. The lowest BCUT2D eigenvalue weighted by Crippen LogP contribution is -2.72. The molecule has 1 unspecified atom stereocenters. The monoisotopic (exact) mass is 515 g/mol. The Hall–Kier alpha value is -2.38. The van der Waals surface area contributed by atoms with Gasteiger partial charge >= 0.3 is 41.7 Å². The summed E-state index contributed by atoms with van der Waals surface area (Å²) in [7, 11) is 0. The maximum Gasteiger partial charge on any atom is 0.460 e. The predicted octanol–water partition coefficient (Wildman–Crippen LogP) is 6.36. The molecule has 0 saturated carbocycles. The Balaban J connectivity index is 3.42. The maximum absolute atomic E-state index is 13.8. The zero-order chi connectivity index (χ0) is 26.5. The van der Waals surface area contributed by atoms with Crippen LogP contribution >= 0.6 is 0 Å². The first kappa shape index (κ1) is 28.7. The van der Waals surface area contributed by atoms with Crippen molar-refractivity contribution in [1.29, 1.82) is 5.26 Å². The van der Waals surface area contributed by atoms with Crippen molar-refractivity contribution in [2.45, 2.75) is 54.2 Å². The highest BCUT2D eigenvalue weighted by Gasteiger charge is 2.93. The van der Waals surface area contributed by atoms with Crippen LogP contribution in [0.15, 0.2) is 24.3 Å². The molecule has 1 rings (SSSR count). The molecule has 0 saturated heterocycles. The Kier molecular flexibility index (Phi) is 7.06.